The molecule has 1 heterocycles. The van der Waals surface area contributed by atoms with Crippen LogP contribution in [-0.2, 0) is 32.2 Å². The Morgan fingerprint density at radius 2 is 1.58 bits per heavy atom. The molecule has 2 aromatic rings. The van der Waals surface area contributed by atoms with Crippen molar-refractivity contribution in [1.29, 1.82) is 0 Å². The lowest BCUT2D eigenvalue weighted by atomic mass is 10.0. The highest BCUT2D eigenvalue weighted by Gasteiger charge is 2.32. The van der Waals surface area contributed by atoms with E-state index in [1.807, 2.05) is 48.5 Å². The van der Waals surface area contributed by atoms with Crippen LogP contribution in [0.15, 0.2) is 48.5 Å². The van der Waals surface area contributed by atoms with Gasteiger partial charge in [-0.05, 0) is 23.1 Å². The molecular formula is C26H34N2O7S. The molecule has 1 aliphatic rings. The zero-order valence-electron chi connectivity index (χ0n) is 20.1. The van der Waals surface area contributed by atoms with Gasteiger partial charge in [-0.15, -0.1) is 0 Å². The third-order valence-corrected chi connectivity index (χ3v) is 6.91. The fourth-order valence-corrected chi connectivity index (χ4v) is 4.62. The van der Waals surface area contributed by atoms with Gasteiger partial charge in [0.25, 0.3) is 0 Å². The van der Waals surface area contributed by atoms with E-state index < -0.39 is 12.2 Å². The van der Waals surface area contributed by atoms with Crippen molar-refractivity contribution in [3.8, 4) is 0 Å². The number of hydroxylamine groups is 1. The first-order valence-corrected chi connectivity index (χ1v) is 13.2. The SMILES string of the molecule is O=C(CCCC(=O)NCc1ccc([C@@H]2O[C@H](CSCCO)C[C@H](c3ccc(CO)cc3)O2)cc1)NO. The van der Waals surface area contributed by atoms with Crippen LogP contribution in [0.2, 0.25) is 0 Å². The molecule has 0 saturated carbocycles. The molecule has 0 radical (unpaired) electrons. The molecule has 2 aromatic carbocycles. The summed E-state index contributed by atoms with van der Waals surface area (Å²) in [5.41, 5.74) is 5.20. The van der Waals surface area contributed by atoms with Crippen LogP contribution in [0.5, 0.6) is 0 Å². The van der Waals surface area contributed by atoms with Gasteiger partial charge in [0.15, 0.2) is 6.29 Å². The van der Waals surface area contributed by atoms with E-state index in [4.69, 9.17) is 19.8 Å². The number of ether oxygens (including phenoxy) is 2. The molecule has 3 atom stereocenters. The highest BCUT2D eigenvalue weighted by atomic mass is 32.2. The molecule has 0 unspecified atom stereocenters. The topological polar surface area (TPSA) is 137 Å². The normalized spacial score (nSPS) is 19.6. The van der Waals surface area contributed by atoms with Gasteiger partial charge in [0.1, 0.15) is 0 Å². The number of aliphatic hydroxyl groups is 2. The second kappa shape index (κ2) is 14.9. The number of carbonyl (C=O) groups excluding carboxylic acids is 2. The molecule has 0 spiro atoms. The Balaban J connectivity index is 1.59. The summed E-state index contributed by atoms with van der Waals surface area (Å²) in [5, 5.41) is 29.8. The molecule has 0 aromatic heterocycles. The number of aliphatic hydroxyl groups excluding tert-OH is 2. The minimum atomic E-state index is -0.553. The van der Waals surface area contributed by atoms with Gasteiger partial charge in [0.05, 0.1) is 25.4 Å². The maximum absolute atomic E-state index is 12.0. The molecule has 10 heteroatoms. The van der Waals surface area contributed by atoms with Crippen LogP contribution in [0.1, 0.15) is 60.3 Å². The van der Waals surface area contributed by atoms with E-state index in [0.29, 0.717) is 25.1 Å². The highest BCUT2D eigenvalue weighted by molar-refractivity contribution is 7.99. The molecule has 0 bridgehead atoms. The minimum absolute atomic E-state index is 0.00830. The smallest absolute Gasteiger partial charge is 0.243 e. The first-order chi connectivity index (χ1) is 17.5. The first kappa shape index (κ1) is 28.1. The largest absolute Gasteiger partial charge is 0.396 e. The molecule has 36 heavy (non-hydrogen) atoms. The van der Waals surface area contributed by atoms with Crippen molar-refractivity contribution >= 4 is 23.6 Å². The minimum Gasteiger partial charge on any atom is -0.396 e. The van der Waals surface area contributed by atoms with E-state index in [2.05, 4.69) is 5.32 Å². The molecular weight excluding hydrogens is 484 g/mol. The van der Waals surface area contributed by atoms with Crippen molar-refractivity contribution in [2.24, 2.45) is 0 Å². The van der Waals surface area contributed by atoms with Gasteiger partial charge in [-0.1, -0.05) is 48.5 Å². The standard InChI is InChI=1S/C26H34N2O7S/c29-12-13-36-17-22-14-23(20-8-6-19(16-30)7-9-20)35-26(34-22)21-10-4-18(5-11-21)15-27-24(31)2-1-3-25(32)28-33/h4-11,22-23,26,29-30,33H,1-3,12-17H2,(H,27,31)(H,28,32)/t22-,23+,26+/m0/s1. The van der Waals surface area contributed by atoms with Crippen LogP contribution in [0, 0.1) is 0 Å². The second-order valence-corrected chi connectivity index (χ2v) is 9.71. The van der Waals surface area contributed by atoms with Crippen molar-refractivity contribution in [2.75, 3.05) is 18.1 Å². The zero-order chi connectivity index (χ0) is 25.8. The van der Waals surface area contributed by atoms with E-state index in [1.165, 1.54) is 0 Å². The molecule has 0 aliphatic carbocycles. The van der Waals surface area contributed by atoms with Crippen LogP contribution in [0.3, 0.4) is 0 Å². The van der Waals surface area contributed by atoms with Crippen LogP contribution in [0.4, 0.5) is 0 Å². The first-order valence-electron chi connectivity index (χ1n) is 12.0. The van der Waals surface area contributed by atoms with Gasteiger partial charge < -0.3 is 25.0 Å². The lowest BCUT2D eigenvalue weighted by Gasteiger charge is -2.36. The fraction of sp³-hybridized carbons (Fsp3) is 0.462. The lowest BCUT2D eigenvalue weighted by molar-refractivity contribution is -0.245. The monoisotopic (exact) mass is 518 g/mol. The summed E-state index contributed by atoms with van der Waals surface area (Å²) in [5.74, 6) is 0.720. The molecule has 1 saturated heterocycles. The number of hydrogen-bond acceptors (Lipinski definition) is 8. The van der Waals surface area contributed by atoms with Crippen LogP contribution >= 0.6 is 11.8 Å². The maximum Gasteiger partial charge on any atom is 0.243 e. The summed E-state index contributed by atoms with van der Waals surface area (Å²) >= 11 is 1.64. The Morgan fingerprint density at radius 1 is 0.917 bits per heavy atom. The van der Waals surface area contributed by atoms with E-state index in [-0.39, 0.29) is 44.2 Å². The van der Waals surface area contributed by atoms with Gasteiger partial charge in [0.2, 0.25) is 11.8 Å². The van der Waals surface area contributed by atoms with Crippen molar-refractivity contribution in [3.63, 3.8) is 0 Å². The Hall–Kier alpha value is -2.47. The number of rotatable bonds is 13. The Labute approximate surface area is 215 Å². The number of nitrogens with one attached hydrogen (secondary N) is 2. The summed E-state index contributed by atoms with van der Waals surface area (Å²) in [7, 11) is 0. The third-order valence-electron chi connectivity index (χ3n) is 5.83. The summed E-state index contributed by atoms with van der Waals surface area (Å²) in [6, 6.07) is 15.4. The fourth-order valence-electron chi connectivity index (χ4n) is 3.85. The number of amides is 2. The predicted octanol–water partition coefficient (Wildman–Crippen LogP) is 2.74. The average molecular weight is 519 g/mol. The quantitative estimate of drug-likeness (QED) is 0.155. The number of benzene rings is 2. The van der Waals surface area contributed by atoms with Gasteiger partial charge in [0, 0.05) is 42.9 Å². The molecule has 5 N–H and O–H groups in total. The maximum atomic E-state index is 12.0. The number of hydrogen-bond donors (Lipinski definition) is 5. The van der Waals surface area contributed by atoms with Crippen LogP contribution in [0.25, 0.3) is 0 Å². The van der Waals surface area contributed by atoms with E-state index in [0.717, 1.165) is 28.0 Å². The van der Waals surface area contributed by atoms with E-state index >= 15 is 0 Å². The van der Waals surface area contributed by atoms with Gasteiger partial charge in [-0.2, -0.15) is 11.8 Å². The average Bonchev–Trinajstić information content (AvgIpc) is 2.92. The number of thioether (sulfide) groups is 1. The number of carbonyl (C=O) groups is 2. The Bertz CT molecular complexity index is 956. The van der Waals surface area contributed by atoms with Crippen molar-refractivity contribution < 1.29 is 34.5 Å². The van der Waals surface area contributed by atoms with E-state index in [1.54, 1.807) is 17.2 Å². The Morgan fingerprint density at radius 3 is 2.25 bits per heavy atom. The van der Waals surface area contributed by atoms with E-state index in [9.17, 15) is 14.7 Å². The molecule has 9 nitrogen and oxygen atoms in total. The summed E-state index contributed by atoms with van der Waals surface area (Å²) < 4.78 is 12.6. The highest BCUT2D eigenvalue weighted by Crippen LogP contribution is 2.38. The van der Waals surface area contributed by atoms with Gasteiger partial charge in [-0.3, -0.25) is 14.8 Å². The van der Waals surface area contributed by atoms with Crippen molar-refractivity contribution in [3.05, 3.63) is 70.8 Å². The van der Waals surface area contributed by atoms with Crippen molar-refractivity contribution in [1.82, 2.24) is 10.8 Å². The van der Waals surface area contributed by atoms with Crippen LogP contribution < -0.4 is 10.8 Å². The molecule has 196 valence electrons. The van der Waals surface area contributed by atoms with Gasteiger partial charge >= 0.3 is 0 Å². The zero-order valence-corrected chi connectivity index (χ0v) is 20.9. The second-order valence-electron chi connectivity index (χ2n) is 8.56. The molecule has 1 aliphatic heterocycles. The Kier molecular flexibility index (Phi) is 11.7. The van der Waals surface area contributed by atoms with Crippen LogP contribution in [-0.4, -0.2) is 51.5 Å². The summed E-state index contributed by atoms with van der Waals surface area (Å²) in [6.45, 7) is 0.475. The molecule has 3 rings (SSSR count). The van der Waals surface area contributed by atoms with Gasteiger partial charge in [-0.25, -0.2) is 5.48 Å². The third kappa shape index (κ3) is 8.88. The summed E-state index contributed by atoms with van der Waals surface area (Å²) in [4.78, 5) is 23.0. The summed E-state index contributed by atoms with van der Waals surface area (Å²) in [6.07, 6.45) is 0.574. The lowest BCUT2D eigenvalue weighted by Crippen LogP contribution is -2.31. The van der Waals surface area contributed by atoms with Crippen molar-refractivity contribution in [2.45, 2.75) is 57.3 Å². The molecule has 2 amide bonds. The molecule has 1 fully saturated rings. The predicted molar refractivity (Wildman–Crippen MR) is 135 cm³/mol.